The van der Waals surface area contributed by atoms with Gasteiger partial charge in [-0.25, -0.2) is 4.79 Å². The van der Waals surface area contributed by atoms with Gasteiger partial charge in [-0.3, -0.25) is 14.3 Å². The molecule has 1 aliphatic heterocycles. The van der Waals surface area contributed by atoms with Crippen LogP contribution in [0.2, 0.25) is 0 Å². The zero-order valence-corrected chi connectivity index (χ0v) is 7.37. The van der Waals surface area contributed by atoms with Gasteiger partial charge < -0.3 is 10.6 Å². The molecule has 0 radical (unpaired) electrons. The number of hydrogen-bond acceptors (Lipinski definition) is 5. The second-order valence-corrected chi connectivity index (χ2v) is 3.11. The summed E-state index contributed by atoms with van der Waals surface area (Å²) in [6, 6.07) is 0. The molecule has 1 aromatic heterocycles. The van der Waals surface area contributed by atoms with Gasteiger partial charge in [-0.05, 0) is 0 Å². The molecule has 0 saturated carbocycles. The van der Waals surface area contributed by atoms with E-state index in [0.717, 1.165) is 0 Å². The molecule has 1 aliphatic rings. The third kappa shape index (κ3) is 1.82. The van der Waals surface area contributed by atoms with Crippen LogP contribution in [0.15, 0.2) is 9.32 Å². The predicted molar refractivity (Wildman–Crippen MR) is 45.3 cm³/mol. The highest BCUT2D eigenvalue weighted by Crippen LogP contribution is 2.01. The smallest absolute Gasteiger partial charge is 0.348 e. The Bertz CT molecular complexity index is 378. The van der Waals surface area contributed by atoms with Gasteiger partial charge >= 0.3 is 5.76 Å². The average molecular weight is 198 g/mol. The van der Waals surface area contributed by atoms with Gasteiger partial charge in [-0.2, -0.15) is 0 Å². The van der Waals surface area contributed by atoms with Crippen molar-refractivity contribution in [3.8, 4) is 0 Å². The number of aromatic amines is 1. The van der Waals surface area contributed by atoms with Crippen LogP contribution in [0.5, 0.6) is 0 Å². The molecule has 0 aromatic carbocycles. The van der Waals surface area contributed by atoms with Crippen LogP contribution >= 0.6 is 0 Å². The van der Waals surface area contributed by atoms with Crippen molar-refractivity contribution in [2.75, 3.05) is 13.1 Å². The third-order valence-corrected chi connectivity index (χ3v) is 2.07. The molecular weight excluding hydrogens is 188 g/mol. The van der Waals surface area contributed by atoms with Gasteiger partial charge in [-0.15, -0.1) is 0 Å². The van der Waals surface area contributed by atoms with Crippen LogP contribution < -0.4 is 16.4 Å². The van der Waals surface area contributed by atoms with E-state index in [0.29, 0.717) is 18.9 Å². The highest BCUT2D eigenvalue weighted by molar-refractivity contribution is 5.79. The second kappa shape index (κ2) is 3.62. The van der Waals surface area contributed by atoms with Crippen molar-refractivity contribution < 1.29 is 9.32 Å². The van der Waals surface area contributed by atoms with E-state index >= 15 is 0 Å². The van der Waals surface area contributed by atoms with Crippen LogP contribution in [0.4, 0.5) is 0 Å². The lowest BCUT2D eigenvalue weighted by molar-refractivity contribution is -0.126. The minimum Gasteiger partial charge on any atom is -0.348 e. The fourth-order valence-electron chi connectivity index (χ4n) is 1.13. The lowest BCUT2D eigenvalue weighted by Crippen LogP contribution is -2.50. The Morgan fingerprint density at radius 2 is 2.43 bits per heavy atom. The maximum absolute atomic E-state index is 11.3. The van der Waals surface area contributed by atoms with E-state index in [9.17, 15) is 9.59 Å². The molecule has 1 amide bonds. The number of carbonyl (C=O) groups is 1. The Labute approximate surface area is 78.9 Å². The number of nitrogens with one attached hydrogen (secondary N) is 3. The molecule has 14 heavy (non-hydrogen) atoms. The Morgan fingerprint density at radius 3 is 2.93 bits per heavy atom. The molecular formula is C7H10N4O3. The Morgan fingerprint density at radius 1 is 1.64 bits per heavy atom. The summed E-state index contributed by atoms with van der Waals surface area (Å²) >= 11 is 0. The largest absolute Gasteiger partial charge is 0.438 e. The first-order valence-electron chi connectivity index (χ1n) is 4.29. The van der Waals surface area contributed by atoms with Crippen LogP contribution in [0.25, 0.3) is 0 Å². The first-order valence-corrected chi connectivity index (χ1v) is 4.29. The van der Waals surface area contributed by atoms with Crippen LogP contribution in [0.1, 0.15) is 5.82 Å². The molecule has 2 rings (SSSR count). The predicted octanol–water partition coefficient (Wildman–Crippen LogP) is -1.80. The molecule has 0 atom stereocenters. The summed E-state index contributed by atoms with van der Waals surface area (Å²) in [7, 11) is 0. The van der Waals surface area contributed by atoms with Crippen LogP contribution in [0.3, 0.4) is 0 Å². The maximum atomic E-state index is 11.3. The summed E-state index contributed by atoms with van der Waals surface area (Å²) in [5, 5.41) is 9.05. The molecule has 3 N–H and O–H groups in total. The van der Waals surface area contributed by atoms with E-state index < -0.39 is 5.76 Å². The van der Waals surface area contributed by atoms with Gasteiger partial charge in [0.2, 0.25) is 5.91 Å². The summed E-state index contributed by atoms with van der Waals surface area (Å²) < 4.78 is 4.27. The molecule has 1 saturated heterocycles. The minimum atomic E-state index is -0.612. The fraction of sp³-hybridized carbons (Fsp3) is 0.571. The quantitative estimate of drug-likeness (QED) is 0.532. The Balaban J connectivity index is 1.81. The molecule has 0 spiro atoms. The summed E-state index contributed by atoms with van der Waals surface area (Å²) in [6.45, 7) is 1.61. The zero-order valence-electron chi connectivity index (χ0n) is 7.37. The molecule has 76 valence electrons. The second-order valence-electron chi connectivity index (χ2n) is 3.11. The molecule has 0 unspecified atom stereocenters. The van der Waals surface area contributed by atoms with Crippen LogP contribution in [0, 0.1) is 5.92 Å². The Hall–Kier alpha value is -1.63. The van der Waals surface area contributed by atoms with Gasteiger partial charge in [0, 0.05) is 13.1 Å². The zero-order chi connectivity index (χ0) is 9.97. The number of amides is 1. The Kier molecular flexibility index (Phi) is 2.32. The molecule has 7 heteroatoms. The number of hydrogen-bond donors (Lipinski definition) is 3. The summed E-state index contributed by atoms with van der Waals surface area (Å²) in [4.78, 5) is 24.2. The van der Waals surface area contributed by atoms with Gasteiger partial charge in [0.05, 0.1) is 12.5 Å². The van der Waals surface area contributed by atoms with Crippen molar-refractivity contribution in [1.29, 1.82) is 0 Å². The van der Waals surface area contributed by atoms with Crippen molar-refractivity contribution >= 4 is 5.91 Å². The van der Waals surface area contributed by atoms with Gasteiger partial charge in [0.25, 0.3) is 0 Å². The van der Waals surface area contributed by atoms with Crippen LogP contribution in [-0.2, 0) is 11.3 Å². The normalized spacial score (nSPS) is 16.3. The highest BCUT2D eigenvalue weighted by atomic mass is 16.5. The van der Waals surface area contributed by atoms with E-state index in [-0.39, 0.29) is 18.4 Å². The number of H-pyrrole nitrogens is 1. The van der Waals surface area contributed by atoms with E-state index in [1.807, 2.05) is 0 Å². The fourth-order valence-corrected chi connectivity index (χ4v) is 1.13. The number of aromatic nitrogens is 2. The summed E-state index contributed by atoms with van der Waals surface area (Å²) in [5.41, 5.74) is 0. The van der Waals surface area contributed by atoms with Crippen molar-refractivity contribution in [1.82, 2.24) is 20.8 Å². The monoisotopic (exact) mass is 198 g/mol. The standard InChI is InChI=1S/C7H10N4O3/c12-6(4-1-8-2-4)9-3-5-10-7(13)14-11-5/h4,8H,1-3H2,(H,9,12)(H,10,11,13). The van der Waals surface area contributed by atoms with E-state index in [4.69, 9.17) is 0 Å². The first-order chi connectivity index (χ1) is 6.75. The van der Waals surface area contributed by atoms with Crippen molar-refractivity contribution in [3.05, 3.63) is 16.4 Å². The summed E-state index contributed by atoms with van der Waals surface area (Å²) in [5.74, 6) is -0.281. The van der Waals surface area contributed by atoms with Crippen molar-refractivity contribution in [3.63, 3.8) is 0 Å². The average Bonchev–Trinajstić information content (AvgIpc) is 2.45. The lowest BCUT2D eigenvalue weighted by atomic mass is 10.0. The number of nitrogens with zero attached hydrogens (tertiary/aromatic N) is 1. The highest BCUT2D eigenvalue weighted by Gasteiger charge is 2.24. The molecule has 0 aliphatic carbocycles. The molecule has 7 nitrogen and oxygen atoms in total. The van der Waals surface area contributed by atoms with E-state index in [1.54, 1.807) is 0 Å². The number of rotatable bonds is 3. The van der Waals surface area contributed by atoms with Gasteiger partial charge in [0.1, 0.15) is 0 Å². The van der Waals surface area contributed by atoms with Gasteiger partial charge in [0.15, 0.2) is 5.82 Å². The van der Waals surface area contributed by atoms with Gasteiger partial charge in [-0.1, -0.05) is 5.16 Å². The SMILES string of the molecule is O=C(NCc1noc(=O)[nH]1)C1CNC1. The van der Waals surface area contributed by atoms with E-state index in [1.165, 1.54) is 0 Å². The lowest BCUT2D eigenvalue weighted by Gasteiger charge is -2.25. The van der Waals surface area contributed by atoms with Crippen molar-refractivity contribution in [2.45, 2.75) is 6.54 Å². The molecule has 1 aromatic rings. The minimum absolute atomic E-state index is 0.0346. The van der Waals surface area contributed by atoms with Crippen molar-refractivity contribution in [2.24, 2.45) is 5.92 Å². The number of carbonyl (C=O) groups excluding carboxylic acids is 1. The van der Waals surface area contributed by atoms with Crippen LogP contribution in [-0.4, -0.2) is 29.1 Å². The summed E-state index contributed by atoms with van der Waals surface area (Å²) in [6.07, 6.45) is 0. The molecule has 0 bridgehead atoms. The third-order valence-electron chi connectivity index (χ3n) is 2.07. The van der Waals surface area contributed by atoms with E-state index in [2.05, 4.69) is 25.3 Å². The molecule has 2 heterocycles. The topological polar surface area (TPSA) is 100 Å². The first kappa shape index (κ1) is 8.95. The maximum Gasteiger partial charge on any atom is 0.438 e. The molecule has 1 fully saturated rings.